The number of aliphatic carboxylic acids is 3. The molecule has 0 bridgehead atoms. The Kier molecular flexibility index (Phi) is 20.0. The van der Waals surface area contributed by atoms with Crippen LogP contribution in [-0.2, 0) is 14.4 Å². The summed E-state index contributed by atoms with van der Waals surface area (Å²) in [7, 11) is 0. The maximum absolute atomic E-state index is 12.2. The summed E-state index contributed by atoms with van der Waals surface area (Å²) in [6.07, 6.45) is 22.2. The molecule has 3 atom stereocenters. The minimum atomic E-state index is -1.16. The maximum Gasteiger partial charge on any atom is 0.362 e. The van der Waals surface area contributed by atoms with Crippen LogP contribution >= 0.6 is 0 Å². The number of carbonyl (C=O) groups is 3. The lowest BCUT2D eigenvalue weighted by atomic mass is 9.95. The van der Waals surface area contributed by atoms with Crippen molar-refractivity contribution in [3.63, 3.8) is 0 Å². The van der Waals surface area contributed by atoms with Crippen molar-refractivity contribution >= 4 is 17.9 Å². The molecule has 0 aliphatic heterocycles. The van der Waals surface area contributed by atoms with Gasteiger partial charge in [0.1, 0.15) is 0 Å². The van der Waals surface area contributed by atoms with Crippen LogP contribution in [0.15, 0.2) is 12.3 Å². The second kappa shape index (κ2) is 21.1. The van der Waals surface area contributed by atoms with E-state index in [-0.39, 0.29) is 19.3 Å². The predicted molar refractivity (Wildman–Crippen MR) is 149 cm³/mol. The van der Waals surface area contributed by atoms with Crippen LogP contribution < -0.4 is 0 Å². The average Bonchev–Trinajstić information content (AvgIpc) is 2.84. The SMILES string of the molecule is CCCCCCCCCCCCCCCC/C=C/[N+](C(CC)C(=O)O)(C(CC)C(=O)O)C(CC)C(=O)O. The Labute approximate surface area is 225 Å². The first-order valence-electron chi connectivity index (χ1n) is 15.0. The van der Waals surface area contributed by atoms with Crippen molar-refractivity contribution in [2.45, 2.75) is 161 Å². The molecule has 0 aliphatic rings. The first-order chi connectivity index (χ1) is 17.7. The first kappa shape index (κ1) is 35.1. The van der Waals surface area contributed by atoms with E-state index in [0.29, 0.717) is 6.42 Å². The van der Waals surface area contributed by atoms with Crippen molar-refractivity contribution < 1.29 is 34.2 Å². The third kappa shape index (κ3) is 12.5. The normalized spacial score (nSPS) is 15.8. The van der Waals surface area contributed by atoms with E-state index in [0.717, 1.165) is 19.3 Å². The standard InChI is InChI=1S/C30H55NO6/c1-5-9-10-11-12-13-14-15-16-17-18-19-20-21-22-23-24-31(25(6-2)28(32)33,26(7-3)29(34)35)27(8-4)30(36)37/h23-27H,5-22H2,1-4H3,(H2-,32,33,34,35,36,37)/p+1/b24-23+. The third-order valence-electron chi connectivity index (χ3n) is 7.72. The summed E-state index contributed by atoms with van der Waals surface area (Å²) < 4.78 is -0.581. The molecular weight excluding hydrogens is 470 g/mol. The number of hydrogen-bond acceptors (Lipinski definition) is 3. The number of unbranched alkanes of at least 4 members (excludes halogenated alkanes) is 14. The van der Waals surface area contributed by atoms with Crippen molar-refractivity contribution in [1.82, 2.24) is 0 Å². The van der Waals surface area contributed by atoms with Gasteiger partial charge in [0.25, 0.3) is 0 Å². The zero-order chi connectivity index (χ0) is 28.1. The highest BCUT2D eigenvalue weighted by Gasteiger charge is 2.55. The minimum absolute atomic E-state index is 0.145. The van der Waals surface area contributed by atoms with E-state index in [1.165, 1.54) is 70.6 Å². The Balaban J connectivity index is 4.86. The summed E-state index contributed by atoms with van der Waals surface area (Å²) in [5, 5.41) is 29.9. The quantitative estimate of drug-likeness (QED) is 0.0827. The van der Waals surface area contributed by atoms with Crippen LogP contribution in [0.4, 0.5) is 0 Å². The summed E-state index contributed by atoms with van der Waals surface area (Å²) in [5.74, 6) is -3.49. The van der Waals surface area contributed by atoms with Crippen LogP contribution in [0.5, 0.6) is 0 Å². The van der Waals surface area contributed by atoms with Gasteiger partial charge < -0.3 is 15.3 Å². The zero-order valence-corrected chi connectivity index (χ0v) is 24.1. The van der Waals surface area contributed by atoms with Crippen LogP contribution in [0.25, 0.3) is 0 Å². The predicted octanol–water partition coefficient (Wildman–Crippen LogP) is 7.78. The fraction of sp³-hybridized carbons (Fsp3) is 0.833. The molecule has 37 heavy (non-hydrogen) atoms. The van der Waals surface area contributed by atoms with E-state index in [2.05, 4.69) is 6.92 Å². The van der Waals surface area contributed by atoms with E-state index >= 15 is 0 Å². The highest BCUT2D eigenvalue weighted by atomic mass is 16.4. The van der Waals surface area contributed by atoms with Crippen LogP contribution in [0.3, 0.4) is 0 Å². The second-order valence-corrected chi connectivity index (χ2v) is 10.5. The van der Waals surface area contributed by atoms with E-state index in [4.69, 9.17) is 0 Å². The van der Waals surface area contributed by atoms with Crippen molar-refractivity contribution in [2.75, 3.05) is 0 Å². The minimum Gasteiger partial charge on any atom is -0.477 e. The van der Waals surface area contributed by atoms with Crippen molar-refractivity contribution in [1.29, 1.82) is 0 Å². The largest absolute Gasteiger partial charge is 0.477 e. The number of allylic oxidation sites excluding steroid dienone is 1. The van der Waals surface area contributed by atoms with Crippen molar-refractivity contribution in [3.05, 3.63) is 12.3 Å². The number of rotatable bonds is 25. The summed E-state index contributed by atoms with van der Waals surface area (Å²) in [4.78, 5) is 36.6. The van der Waals surface area contributed by atoms with Gasteiger partial charge in [-0.2, -0.15) is 0 Å². The van der Waals surface area contributed by atoms with E-state index in [1.54, 1.807) is 27.0 Å². The van der Waals surface area contributed by atoms with Gasteiger partial charge in [-0.1, -0.05) is 111 Å². The molecule has 0 heterocycles. The summed E-state index contributed by atoms with van der Waals surface area (Å²) in [6.45, 7) is 7.28. The molecule has 3 N–H and O–H groups in total. The van der Waals surface area contributed by atoms with Gasteiger partial charge in [0.15, 0.2) is 18.1 Å². The number of hydrogen-bond donors (Lipinski definition) is 3. The Morgan fingerprint density at radius 2 is 0.838 bits per heavy atom. The summed E-state index contributed by atoms with van der Waals surface area (Å²) >= 11 is 0. The van der Waals surface area contributed by atoms with E-state index < -0.39 is 40.5 Å². The number of quaternary nitrogens is 1. The number of nitrogens with zero attached hydrogens (tertiary/aromatic N) is 1. The molecule has 0 spiro atoms. The lowest BCUT2D eigenvalue weighted by Gasteiger charge is -2.46. The summed E-state index contributed by atoms with van der Waals surface area (Å²) in [6, 6.07) is -3.43. The molecule has 0 aromatic heterocycles. The lowest BCUT2D eigenvalue weighted by Crippen LogP contribution is -2.69. The van der Waals surface area contributed by atoms with Crippen LogP contribution in [0, 0.1) is 0 Å². The number of carboxylic acids is 3. The van der Waals surface area contributed by atoms with Gasteiger partial charge in [-0.15, -0.1) is 0 Å². The molecule has 0 radical (unpaired) electrons. The Morgan fingerprint density at radius 3 is 1.11 bits per heavy atom. The molecule has 0 rings (SSSR count). The topological polar surface area (TPSA) is 112 Å². The van der Waals surface area contributed by atoms with Crippen LogP contribution in [0.1, 0.15) is 143 Å². The first-order valence-corrected chi connectivity index (χ1v) is 15.0. The molecule has 7 nitrogen and oxygen atoms in total. The molecule has 3 unspecified atom stereocenters. The Hall–Kier alpha value is -1.89. The van der Waals surface area contributed by atoms with E-state index in [1.807, 2.05) is 6.08 Å². The molecule has 0 saturated heterocycles. The Morgan fingerprint density at radius 1 is 0.541 bits per heavy atom. The number of carboxylic acid groups (broad SMARTS) is 3. The molecule has 0 aromatic carbocycles. The molecule has 216 valence electrons. The molecule has 7 heteroatoms. The van der Waals surface area contributed by atoms with E-state index in [9.17, 15) is 29.7 Å². The monoisotopic (exact) mass is 526 g/mol. The highest BCUT2D eigenvalue weighted by Crippen LogP contribution is 2.32. The Bertz CT molecular complexity index is 607. The van der Waals surface area contributed by atoms with Crippen LogP contribution in [-0.4, -0.2) is 55.8 Å². The maximum atomic E-state index is 12.2. The van der Waals surface area contributed by atoms with Crippen molar-refractivity contribution in [3.8, 4) is 0 Å². The third-order valence-corrected chi connectivity index (χ3v) is 7.72. The van der Waals surface area contributed by atoms with Gasteiger partial charge in [0.2, 0.25) is 0 Å². The fourth-order valence-electron chi connectivity index (χ4n) is 5.72. The zero-order valence-electron chi connectivity index (χ0n) is 24.1. The molecule has 0 fully saturated rings. The van der Waals surface area contributed by atoms with Gasteiger partial charge >= 0.3 is 17.9 Å². The van der Waals surface area contributed by atoms with Crippen LogP contribution in [0.2, 0.25) is 0 Å². The van der Waals surface area contributed by atoms with Gasteiger partial charge in [0.05, 0.1) is 6.20 Å². The van der Waals surface area contributed by atoms with Gasteiger partial charge in [-0.25, -0.2) is 14.4 Å². The summed E-state index contributed by atoms with van der Waals surface area (Å²) in [5.41, 5.74) is 0. The van der Waals surface area contributed by atoms with Gasteiger partial charge in [0, 0.05) is 19.3 Å². The molecule has 0 saturated carbocycles. The smallest absolute Gasteiger partial charge is 0.362 e. The van der Waals surface area contributed by atoms with Crippen molar-refractivity contribution in [2.24, 2.45) is 0 Å². The molecular formula is C30H56NO6+. The fourth-order valence-corrected chi connectivity index (χ4v) is 5.72. The van der Waals surface area contributed by atoms with Gasteiger partial charge in [-0.05, 0) is 18.9 Å². The second-order valence-electron chi connectivity index (χ2n) is 10.5. The highest BCUT2D eigenvalue weighted by molar-refractivity contribution is 5.78. The molecule has 0 aliphatic carbocycles. The molecule has 0 aromatic rings. The molecule has 0 amide bonds. The lowest BCUT2D eigenvalue weighted by molar-refractivity contribution is -0.927. The van der Waals surface area contributed by atoms with Gasteiger partial charge in [-0.3, -0.25) is 4.48 Å². The average molecular weight is 527 g/mol.